The summed E-state index contributed by atoms with van der Waals surface area (Å²) in [6.07, 6.45) is 9.16. The Labute approximate surface area is 94.0 Å². The van der Waals surface area contributed by atoms with Gasteiger partial charge in [0.15, 0.2) is 0 Å². The van der Waals surface area contributed by atoms with Gasteiger partial charge in [-0.05, 0) is 20.0 Å². The molecule has 0 unspecified atom stereocenters. The van der Waals surface area contributed by atoms with E-state index in [1.807, 2.05) is 11.9 Å². The van der Waals surface area contributed by atoms with Crippen molar-refractivity contribution >= 4 is 5.91 Å². The first-order chi connectivity index (χ1) is 7.16. The Kier molecular flexibility index (Phi) is 9.59. The molecule has 3 heteroatoms. The molecule has 3 nitrogen and oxygen atoms in total. The van der Waals surface area contributed by atoms with Gasteiger partial charge in [0, 0.05) is 0 Å². The van der Waals surface area contributed by atoms with E-state index in [0.29, 0.717) is 6.54 Å². The van der Waals surface area contributed by atoms with Crippen LogP contribution in [0.2, 0.25) is 0 Å². The molecule has 90 valence electrons. The Morgan fingerprint density at radius 3 is 2.13 bits per heavy atom. The normalized spacial score (nSPS) is 10.9. The van der Waals surface area contributed by atoms with Crippen LogP contribution < -0.4 is 5.73 Å². The molecule has 0 aliphatic rings. The van der Waals surface area contributed by atoms with Gasteiger partial charge >= 0.3 is 0 Å². The molecule has 2 N–H and O–H groups in total. The van der Waals surface area contributed by atoms with Crippen LogP contribution >= 0.6 is 0 Å². The highest BCUT2D eigenvalue weighted by atomic mass is 16.1. The smallest absolute Gasteiger partial charge is 0.231 e. The Morgan fingerprint density at radius 2 is 1.60 bits per heavy atom. The highest BCUT2D eigenvalue weighted by molar-refractivity contribution is 5.75. The van der Waals surface area contributed by atoms with Crippen molar-refractivity contribution < 1.29 is 4.79 Å². The molecule has 0 bridgehead atoms. The third kappa shape index (κ3) is 11.4. The van der Waals surface area contributed by atoms with Gasteiger partial charge in [-0.2, -0.15) is 0 Å². The van der Waals surface area contributed by atoms with Crippen LogP contribution in [0.25, 0.3) is 0 Å². The Balaban J connectivity index is 3.13. The minimum atomic E-state index is -0.236. The second-order valence-corrected chi connectivity index (χ2v) is 4.33. The maximum atomic E-state index is 10.6. The first kappa shape index (κ1) is 14.4. The Bertz CT molecular complexity index is 160. The van der Waals surface area contributed by atoms with E-state index in [2.05, 4.69) is 6.92 Å². The SMILES string of the molecule is CCCCCCCCCN(C)CC(N)=O. The summed E-state index contributed by atoms with van der Waals surface area (Å²) in [5.74, 6) is -0.236. The fraction of sp³-hybridized carbons (Fsp3) is 0.917. The second kappa shape index (κ2) is 9.97. The first-order valence-corrected chi connectivity index (χ1v) is 6.13. The number of nitrogens with zero attached hydrogens (tertiary/aromatic N) is 1. The second-order valence-electron chi connectivity index (χ2n) is 4.33. The molecule has 0 saturated carbocycles. The molecule has 0 spiro atoms. The summed E-state index contributed by atoms with van der Waals surface area (Å²) in [5.41, 5.74) is 5.10. The van der Waals surface area contributed by atoms with Crippen LogP contribution in [0.15, 0.2) is 0 Å². The highest BCUT2D eigenvalue weighted by Gasteiger charge is 2.01. The van der Waals surface area contributed by atoms with E-state index in [0.717, 1.165) is 6.54 Å². The van der Waals surface area contributed by atoms with Gasteiger partial charge in [0.25, 0.3) is 0 Å². The molecular formula is C12H26N2O. The third-order valence-corrected chi connectivity index (χ3v) is 2.57. The average Bonchev–Trinajstić information content (AvgIpc) is 2.15. The number of primary amides is 1. The third-order valence-electron chi connectivity index (χ3n) is 2.57. The van der Waals surface area contributed by atoms with Crippen molar-refractivity contribution in [3.8, 4) is 0 Å². The molecule has 0 heterocycles. The molecular weight excluding hydrogens is 188 g/mol. The molecule has 0 fully saturated rings. The summed E-state index contributed by atoms with van der Waals surface area (Å²) in [7, 11) is 1.95. The molecule has 0 aromatic rings. The van der Waals surface area contributed by atoms with Gasteiger partial charge < -0.3 is 5.73 Å². The quantitative estimate of drug-likeness (QED) is 0.566. The predicted molar refractivity (Wildman–Crippen MR) is 64.7 cm³/mol. The molecule has 0 aromatic heterocycles. The molecule has 0 rings (SSSR count). The van der Waals surface area contributed by atoms with Crippen molar-refractivity contribution in [2.75, 3.05) is 20.1 Å². The standard InChI is InChI=1S/C12H26N2O/c1-3-4-5-6-7-8-9-10-14(2)11-12(13)15/h3-11H2,1-2H3,(H2,13,15). The van der Waals surface area contributed by atoms with Gasteiger partial charge in [0.2, 0.25) is 5.91 Å². The monoisotopic (exact) mass is 214 g/mol. The molecule has 0 aliphatic carbocycles. The minimum Gasteiger partial charge on any atom is -0.369 e. The summed E-state index contributed by atoms with van der Waals surface area (Å²) in [5, 5.41) is 0. The number of carbonyl (C=O) groups is 1. The number of hydrogen-bond acceptors (Lipinski definition) is 2. The first-order valence-electron chi connectivity index (χ1n) is 6.13. The van der Waals surface area contributed by atoms with Crippen LogP contribution in [0.1, 0.15) is 51.9 Å². The molecule has 0 aromatic carbocycles. The van der Waals surface area contributed by atoms with E-state index in [1.54, 1.807) is 0 Å². The molecule has 0 atom stereocenters. The van der Waals surface area contributed by atoms with E-state index in [-0.39, 0.29) is 5.91 Å². The van der Waals surface area contributed by atoms with E-state index >= 15 is 0 Å². The zero-order chi connectivity index (χ0) is 11.5. The van der Waals surface area contributed by atoms with Gasteiger partial charge in [0.05, 0.1) is 6.54 Å². The molecule has 0 radical (unpaired) electrons. The maximum Gasteiger partial charge on any atom is 0.231 e. The number of unbranched alkanes of at least 4 members (excludes halogenated alkanes) is 6. The van der Waals surface area contributed by atoms with Crippen LogP contribution in [0.5, 0.6) is 0 Å². The molecule has 1 amide bonds. The molecule has 0 saturated heterocycles. The lowest BCUT2D eigenvalue weighted by Crippen LogP contribution is -2.31. The lowest BCUT2D eigenvalue weighted by atomic mass is 10.1. The Hall–Kier alpha value is -0.570. The fourth-order valence-electron chi connectivity index (χ4n) is 1.68. The van der Waals surface area contributed by atoms with Crippen molar-refractivity contribution in [1.82, 2.24) is 4.90 Å². The fourth-order valence-corrected chi connectivity index (χ4v) is 1.68. The van der Waals surface area contributed by atoms with Crippen LogP contribution in [0, 0.1) is 0 Å². The summed E-state index contributed by atoms with van der Waals surface area (Å²) < 4.78 is 0. The van der Waals surface area contributed by atoms with Crippen molar-refractivity contribution in [3.63, 3.8) is 0 Å². The zero-order valence-corrected chi connectivity index (χ0v) is 10.3. The van der Waals surface area contributed by atoms with Gasteiger partial charge in [-0.3, -0.25) is 9.69 Å². The lowest BCUT2D eigenvalue weighted by Gasteiger charge is -2.13. The maximum absolute atomic E-state index is 10.6. The number of likely N-dealkylation sites (N-methyl/N-ethyl adjacent to an activating group) is 1. The van der Waals surface area contributed by atoms with Crippen LogP contribution in [-0.4, -0.2) is 30.9 Å². The summed E-state index contributed by atoms with van der Waals surface area (Å²) in [6, 6.07) is 0. The summed E-state index contributed by atoms with van der Waals surface area (Å²) in [4.78, 5) is 12.6. The minimum absolute atomic E-state index is 0.236. The number of rotatable bonds is 10. The van der Waals surface area contributed by atoms with Crippen molar-refractivity contribution in [3.05, 3.63) is 0 Å². The van der Waals surface area contributed by atoms with Crippen LogP contribution in [0.4, 0.5) is 0 Å². The van der Waals surface area contributed by atoms with Crippen LogP contribution in [-0.2, 0) is 4.79 Å². The van der Waals surface area contributed by atoms with Crippen molar-refractivity contribution in [2.24, 2.45) is 5.73 Å². The molecule has 15 heavy (non-hydrogen) atoms. The average molecular weight is 214 g/mol. The van der Waals surface area contributed by atoms with Crippen molar-refractivity contribution in [1.29, 1.82) is 0 Å². The number of amides is 1. The Morgan fingerprint density at radius 1 is 1.07 bits per heavy atom. The summed E-state index contributed by atoms with van der Waals surface area (Å²) in [6.45, 7) is 3.60. The van der Waals surface area contributed by atoms with Crippen molar-refractivity contribution in [2.45, 2.75) is 51.9 Å². The van der Waals surface area contributed by atoms with E-state index < -0.39 is 0 Å². The lowest BCUT2D eigenvalue weighted by molar-refractivity contribution is -0.118. The molecule has 0 aliphatic heterocycles. The highest BCUT2D eigenvalue weighted by Crippen LogP contribution is 2.06. The summed E-state index contributed by atoms with van der Waals surface area (Å²) >= 11 is 0. The van der Waals surface area contributed by atoms with E-state index in [4.69, 9.17) is 5.73 Å². The van der Waals surface area contributed by atoms with Gasteiger partial charge in [-0.15, -0.1) is 0 Å². The zero-order valence-electron chi connectivity index (χ0n) is 10.3. The largest absolute Gasteiger partial charge is 0.369 e. The van der Waals surface area contributed by atoms with Gasteiger partial charge in [0.1, 0.15) is 0 Å². The number of carbonyl (C=O) groups excluding carboxylic acids is 1. The van der Waals surface area contributed by atoms with Gasteiger partial charge in [-0.25, -0.2) is 0 Å². The van der Waals surface area contributed by atoms with Crippen LogP contribution in [0.3, 0.4) is 0 Å². The number of nitrogens with two attached hydrogens (primary N) is 1. The number of hydrogen-bond donors (Lipinski definition) is 1. The van der Waals surface area contributed by atoms with Gasteiger partial charge in [-0.1, -0.05) is 45.4 Å². The topological polar surface area (TPSA) is 46.3 Å². The van der Waals surface area contributed by atoms with E-state index in [9.17, 15) is 4.79 Å². The van der Waals surface area contributed by atoms with E-state index in [1.165, 1.54) is 44.9 Å². The predicted octanol–water partition coefficient (Wildman–Crippen LogP) is 2.15.